The topological polar surface area (TPSA) is 84.8 Å². The van der Waals surface area contributed by atoms with Crippen LogP contribution in [0.1, 0.15) is 28.8 Å². The first-order valence-corrected chi connectivity index (χ1v) is 10.3. The van der Waals surface area contributed by atoms with Crippen LogP contribution < -0.4 is 10.6 Å². The predicted molar refractivity (Wildman–Crippen MR) is 114 cm³/mol. The average molecular weight is 398 g/mol. The molecule has 6 nitrogen and oxygen atoms in total. The SMILES string of the molecule is C1CCNC1.O=C(NC[C@H]1[C@@H](O)[C@@H](O)CN1Cc1ccccc1)c1ccccc1. The van der Waals surface area contributed by atoms with Gasteiger partial charge in [0.25, 0.3) is 5.91 Å². The fourth-order valence-corrected chi connectivity index (χ4v) is 3.72. The minimum absolute atomic E-state index is 0.177. The summed E-state index contributed by atoms with van der Waals surface area (Å²) < 4.78 is 0. The predicted octanol–water partition coefficient (Wildman–Crippen LogP) is 1.39. The molecule has 0 saturated carbocycles. The Morgan fingerprint density at radius 2 is 1.62 bits per heavy atom. The van der Waals surface area contributed by atoms with Crippen LogP contribution in [0.3, 0.4) is 0 Å². The Labute approximate surface area is 172 Å². The Kier molecular flexibility index (Phi) is 8.19. The number of likely N-dealkylation sites (tertiary alicyclic amines) is 1. The molecule has 2 aromatic carbocycles. The quantitative estimate of drug-likeness (QED) is 0.613. The van der Waals surface area contributed by atoms with Crippen LogP contribution in [-0.4, -0.2) is 65.4 Å². The normalized spacial score (nSPS) is 24.0. The molecule has 29 heavy (non-hydrogen) atoms. The minimum Gasteiger partial charge on any atom is -0.389 e. The molecule has 1 amide bonds. The number of β-amino-alcohol motifs (C(OH)–C–C–N with tert-alkyl or cyclic N) is 1. The monoisotopic (exact) mass is 397 g/mol. The van der Waals surface area contributed by atoms with Crippen molar-refractivity contribution in [2.45, 2.75) is 37.6 Å². The zero-order chi connectivity index (χ0) is 20.5. The van der Waals surface area contributed by atoms with Gasteiger partial charge in [-0.1, -0.05) is 48.5 Å². The summed E-state index contributed by atoms with van der Waals surface area (Å²) in [5.74, 6) is -0.177. The molecule has 0 unspecified atom stereocenters. The van der Waals surface area contributed by atoms with Crippen molar-refractivity contribution < 1.29 is 15.0 Å². The molecule has 0 bridgehead atoms. The number of carbonyl (C=O) groups is 1. The second-order valence-electron chi connectivity index (χ2n) is 7.57. The number of carbonyl (C=O) groups excluding carboxylic acids is 1. The van der Waals surface area contributed by atoms with Gasteiger partial charge in [-0.05, 0) is 43.6 Å². The third kappa shape index (κ3) is 6.37. The fourth-order valence-electron chi connectivity index (χ4n) is 3.72. The summed E-state index contributed by atoms with van der Waals surface area (Å²) in [6.07, 6.45) is 1.11. The van der Waals surface area contributed by atoms with Gasteiger partial charge in [0, 0.05) is 25.2 Å². The second-order valence-corrected chi connectivity index (χ2v) is 7.57. The van der Waals surface area contributed by atoms with Gasteiger partial charge in [-0.15, -0.1) is 0 Å². The summed E-state index contributed by atoms with van der Waals surface area (Å²) in [5, 5.41) is 26.3. The van der Waals surface area contributed by atoms with E-state index in [0.29, 0.717) is 25.2 Å². The van der Waals surface area contributed by atoms with E-state index in [9.17, 15) is 15.0 Å². The van der Waals surface area contributed by atoms with Crippen molar-refractivity contribution in [1.29, 1.82) is 0 Å². The van der Waals surface area contributed by atoms with Gasteiger partial charge in [0.1, 0.15) is 0 Å². The first kappa shape index (κ1) is 21.5. The highest BCUT2D eigenvalue weighted by molar-refractivity contribution is 5.94. The largest absolute Gasteiger partial charge is 0.389 e. The summed E-state index contributed by atoms with van der Waals surface area (Å²) in [5.41, 5.74) is 1.69. The molecular weight excluding hydrogens is 366 g/mol. The smallest absolute Gasteiger partial charge is 0.251 e. The molecule has 4 N–H and O–H groups in total. The van der Waals surface area contributed by atoms with Gasteiger partial charge in [0.15, 0.2) is 0 Å². The highest BCUT2D eigenvalue weighted by Gasteiger charge is 2.39. The van der Waals surface area contributed by atoms with E-state index >= 15 is 0 Å². The van der Waals surface area contributed by atoms with E-state index in [1.54, 1.807) is 12.1 Å². The van der Waals surface area contributed by atoms with Gasteiger partial charge in [-0.25, -0.2) is 0 Å². The van der Waals surface area contributed by atoms with Crippen LogP contribution in [0.15, 0.2) is 60.7 Å². The molecule has 2 aliphatic heterocycles. The first-order valence-electron chi connectivity index (χ1n) is 10.3. The molecular formula is C23H31N3O3. The zero-order valence-corrected chi connectivity index (χ0v) is 16.7. The van der Waals surface area contributed by atoms with Crippen LogP contribution in [0.25, 0.3) is 0 Å². The molecule has 2 aliphatic rings. The molecule has 0 spiro atoms. The molecule has 3 atom stereocenters. The number of hydrogen-bond acceptors (Lipinski definition) is 5. The van der Waals surface area contributed by atoms with Crippen LogP contribution in [-0.2, 0) is 6.54 Å². The first-order chi connectivity index (χ1) is 14.1. The molecule has 2 heterocycles. The standard InChI is InChI=1S/C19H22N2O3.C4H9N/c22-17-13-21(12-14-7-3-1-4-8-14)16(18(17)23)11-20-19(24)15-9-5-2-6-10-15;1-2-4-5-3-1/h1-10,16-18,22-23H,11-13H2,(H,20,24);5H,1-4H2/t16-,17-,18+;/m0./s1. The van der Waals surface area contributed by atoms with Gasteiger partial charge >= 0.3 is 0 Å². The highest BCUT2D eigenvalue weighted by atomic mass is 16.3. The minimum atomic E-state index is -0.871. The van der Waals surface area contributed by atoms with Crippen LogP contribution in [0.5, 0.6) is 0 Å². The lowest BCUT2D eigenvalue weighted by Crippen LogP contribution is -2.45. The van der Waals surface area contributed by atoms with E-state index in [1.807, 2.05) is 53.4 Å². The Hall–Kier alpha value is -2.25. The van der Waals surface area contributed by atoms with Crippen molar-refractivity contribution in [2.24, 2.45) is 0 Å². The third-order valence-corrected chi connectivity index (χ3v) is 5.37. The second kappa shape index (κ2) is 11.1. The van der Waals surface area contributed by atoms with E-state index < -0.39 is 12.2 Å². The van der Waals surface area contributed by atoms with Gasteiger partial charge < -0.3 is 20.8 Å². The number of aliphatic hydroxyl groups is 2. The molecule has 156 valence electrons. The van der Waals surface area contributed by atoms with Crippen molar-refractivity contribution in [3.05, 3.63) is 71.8 Å². The molecule has 4 rings (SSSR count). The Morgan fingerprint density at radius 1 is 1.00 bits per heavy atom. The van der Waals surface area contributed by atoms with Crippen LogP contribution in [0.2, 0.25) is 0 Å². The number of nitrogens with one attached hydrogen (secondary N) is 2. The number of rotatable bonds is 5. The number of aliphatic hydroxyl groups excluding tert-OH is 2. The zero-order valence-electron chi connectivity index (χ0n) is 16.7. The van der Waals surface area contributed by atoms with Gasteiger partial charge in [0.2, 0.25) is 0 Å². The Morgan fingerprint density at radius 3 is 2.21 bits per heavy atom. The van der Waals surface area contributed by atoms with Crippen LogP contribution >= 0.6 is 0 Å². The molecule has 0 radical (unpaired) electrons. The van der Waals surface area contributed by atoms with Gasteiger partial charge in [-0.2, -0.15) is 0 Å². The molecule has 2 aromatic rings. The molecule has 0 aliphatic carbocycles. The van der Waals surface area contributed by atoms with Crippen molar-refractivity contribution >= 4 is 5.91 Å². The van der Waals surface area contributed by atoms with E-state index in [4.69, 9.17) is 0 Å². The highest BCUT2D eigenvalue weighted by Crippen LogP contribution is 2.21. The maximum Gasteiger partial charge on any atom is 0.251 e. The number of amides is 1. The number of hydrogen-bond donors (Lipinski definition) is 4. The summed E-state index contributed by atoms with van der Waals surface area (Å²) >= 11 is 0. The lowest BCUT2D eigenvalue weighted by molar-refractivity contribution is 0.0370. The summed E-state index contributed by atoms with van der Waals surface area (Å²) in [4.78, 5) is 14.2. The van der Waals surface area contributed by atoms with E-state index in [-0.39, 0.29) is 11.9 Å². The molecule has 6 heteroatoms. The lowest BCUT2D eigenvalue weighted by atomic mass is 10.1. The summed E-state index contributed by atoms with van der Waals surface area (Å²) in [6.45, 7) is 3.81. The number of benzene rings is 2. The van der Waals surface area contributed by atoms with Gasteiger partial charge in [0.05, 0.1) is 18.2 Å². The molecule has 2 saturated heterocycles. The maximum absolute atomic E-state index is 12.2. The lowest BCUT2D eigenvalue weighted by Gasteiger charge is -2.26. The maximum atomic E-state index is 12.2. The summed E-state index contributed by atoms with van der Waals surface area (Å²) in [6, 6.07) is 18.6. The Balaban J connectivity index is 0.000000419. The fraction of sp³-hybridized carbons (Fsp3) is 0.435. The van der Waals surface area contributed by atoms with Crippen LogP contribution in [0.4, 0.5) is 0 Å². The molecule has 2 fully saturated rings. The van der Waals surface area contributed by atoms with E-state index in [1.165, 1.54) is 25.9 Å². The van der Waals surface area contributed by atoms with E-state index in [0.717, 1.165) is 5.56 Å². The molecule has 0 aromatic heterocycles. The number of nitrogens with zero attached hydrogens (tertiary/aromatic N) is 1. The third-order valence-electron chi connectivity index (χ3n) is 5.37. The van der Waals surface area contributed by atoms with Crippen molar-refractivity contribution in [2.75, 3.05) is 26.2 Å². The average Bonchev–Trinajstić information content (AvgIpc) is 3.42. The Bertz CT molecular complexity index is 730. The van der Waals surface area contributed by atoms with E-state index in [2.05, 4.69) is 10.6 Å². The van der Waals surface area contributed by atoms with Gasteiger partial charge in [-0.3, -0.25) is 9.69 Å². The summed E-state index contributed by atoms with van der Waals surface area (Å²) in [7, 11) is 0. The van der Waals surface area contributed by atoms with Crippen molar-refractivity contribution in [1.82, 2.24) is 15.5 Å². The van der Waals surface area contributed by atoms with Crippen LogP contribution in [0, 0.1) is 0 Å². The van der Waals surface area contributed by atoms with Crippen molar-refractivity contribution in [3.63, 3.8) is 0 Å². The van der Waals surface area contributed by atoms with Crippen molar-refractivity contribution in [3.8, 4) is 0 Å².